The van der Waals surface area contributed by atoms with Crippen LogP contribution in [0.5, 0.6) is 5.75 Å². The lowest BCUT2D eigenvalue weighted by atomic mass is 9.97. The monoisotopic (exact) mass is 523 g/mol. The van der Waals surface area contributed by atoms with Gasteiger partial charge in [0, 0.05) is 5.69 Å². The lowest BCUT2D eigenvalue weighted by Crippen LogP contribution is -2.29. The van der Waals surface area contributed by atoms with E-state index in [1.807, 2.05) is 32.0 Å². The molecule has 0 saturated carbocycles. The Kier molecular flexibility index (Phi) is 7.32. The van der Waals surface area contributed by atoms with Crippen molar-refractivity contribution >= 4 is 28.5 Å². The lowest BCUT2D eigenvalue weighted by Gasteiger charge is -2.25. The number of carbonyl (C=O) groups excluding carboxylic acids is 2. The minimum absolute atomic E-state index is 0.0105. The molecular formula is C32H29NO6. The SMILES string of the molecule is C=CCOc1ccc(C2c3c(oc4ccc(C)cc4c3=O)C(=O)N2c2ccc(C(=O)OCCCC)cc2)cc1. The number of esters is 1. The Balaban J connectivity index is 1.59. The third-order valence-corrected chi connectivity index (χ3v) is 6.70. The molecule has 39 heavy (non-hydrogen) atoms. The van der Waals surface area contributed by atoms with Crippen LogP contribution in [0, 0.1) is 6.92 Å². The highest BCUT2D eigenvalue weighted by Gasteiger charge is 2.43. The first-order chi connectivity index (χ1) is 18.9. The van der Waals surface area contributed by atoms with Gasteiger partial charge in [0.25, 0.3) is 5.91 Å². The van der Waals surface area contributed by atoms with Gasteiger partial charge in [-0.05, 0) is 67.4 Å². The van der Waals surface area contributed by atoms with Gasteiger partial charge in [-0.1, -0.05) is 49.8 Å². The van der Waals surface area contributed by atoms with Gasteiger partial charge in [0.05, 0.1) is 29.2 Å². The molecule has 0 aliphatic carbocycles. The molecule has 4 aromatic rings. The van der Waals surface area contributed by atoms with Crippen molar-refractivity contribution in [3.05, 3.63) is 118 Å². The number of amides is 1. The van der Waals surface area contributed by atoms with Gasteiger partial charge in [-0.15, -0.1) is 0 Å². The quantitative estimate of drug-likeness (QED) is 0.144. The van der Waals surface area contributed by atoms with Crippen molar-refractivity contribution in [3.63, 3.8) is 0 Å². The van der Waals surface area contributed by atoms with Crippen molar-refractivity contribution in [1.82, 2.24) is 0 Å². The second-order valence-electron chi connectivity index (χ2n) is 9.46. The van der Waals surface area contributed by atoms with Crippen molar-refractivity contribution in [2.45, 2.75) is 32.7 Å². The average molecular weight is 524 g/mol. The van der Waals surface area contributed by atoms with E-state index >= 15 is 0 Å². The van der Waals surface area contributed by atoms with Crippen LogP contribution in [0.15, 0.2) is 88.6 Å². The molecule has 0 bridgehead atoms. The third-order valence-electron chi connectivity index (χ3n) is 6.70. The minimum Gasteiger partial charge on any atom is -0.490 e. The summed E-state index contributed by atoms with van der Waals surface area (Å²) in [7, 11) is 0. The van der Waals surface area contributed by atoms with Gasteiger partial charge in [0.15, 0.2) is 5.43 Å². The molecule has 7 heteroatoms. The average Bonchev–Trinajstić information content (AvgIpc) is 3.25. The van der Waals surface area contributed by atoms with Crippen LogP contribution < -0.4 is 15.1 Å². The van der Waals surface area contributed by atoms with E-state index in [0.29, 0.717) is 41.2 Å². The molecule has 0 radical (unpaired) electrons. The van der Waals surface area contributed by atoms with Crippen molar-refractivity contribution in [1.29, 1.82) is 0 Å². The lowest BCUT2D eigenvalue weighted by molar-refractivity contribution is 0.0499. The molecule has 1 amide bonds. The fourth-order valence-corrected chi connectivity index (χ4v) is 4.72. The van der Waals surface area contributed by atoms with Crippen molar-refractivity contribution in [2.24, 2.45) is 0 Å². The highest BCUT2D eigenvalue weighted by Crippen LogP contribution is 2.41. The smallest absolute Gasteiger partial charge is 0.338 e. The number of hydrogen-bond acceptors (Lipinski definition) is 6. The summed E-state index contributed by atoms with van der Waals surface area (Å²) in [4.78, 5) is 41.6. The molecule has 1 aliphatic heterocycles. The number of unbranched alkanes of at least 4 members (excludes halogenated alkanes) is 1. The standard InChI is InChI=1S/C32H29NO6/c1-4-6-18-38-32(36)22-8-12-23(13-9-22)33-28(21-10-14-24(15-11-21)37-17-5-2)27-29(34)25-19-20(3)7-16-26(25)39-30(27)31(33)35/h5,7-16,19,28H,2,4,6,17-18H2,1,3H3. The molecule has 0 N–H and O–H groups in total. The zero-order valence-electron chi connectivity index (χ0n) is 21.9. The Morgan fingerprint density at radius 1 is 1.05 bits per heavy atom. The molecule has 3 aromatic carbocycles. The van der Waals surface area contributed by atoms with Gasteiger partial charge in [-0.3, -0.25) is 14.5 Å². The Labute approximate surface area is 226 Å². The second-order valence-corrected chi connectivity index (χ2v) is 9.46. The molecule has 5 rings (SSSR count). The predicted octanol–water partition coefficient (Wildman–Crippen LogP) is 6.37. The van der Waals surface area contributed by atoms with Crippen LogP contribution in [0.3, 0.4) is 0 Å². The molecule has 1 unspecified atom stereocenters. The maximum atomic E-state index is 13.8. The summed E-state index contributed by atoms with van der Waals surface area (Å²) in [5.41, 5.74) is 2.92. The molecule has 1 atom stereocenters. The number of rotatable bonds is 9. The number of anilines is 1. The number of aryl methyl sites for hydroxylation is 1. The Bertz CT molecular complexity index is 1600. The Morgan fingerprint density at radius 2 is 1.79 bits per heavy atom. The van der Waals surface area contributed by atoms with E-state index in [0.717, 1.165) is 24.0 Å². The number of carbonyl (C=O) groups is 2. The fourth-order valence-electron chi connectivity index (χ4n) is 4.72. The van der Waals surface area contributed by atoms with Gasteiger partial charge in [0.2, 0.25) is 5.76 Å². The van der Waals surface area contributed by atoms with Gasteiger partial charge in [-0.2, -0.15) is 0 Å². The summed E-state index contributed by atoms with van der Waals surface area (Å²) in [6.07, 6.45) is 3.37. The van der Waals surface area contributed by atoms with Gasteiger partial charge >= 0.3 is 5.97 Å². The molecule has 0 saturated heterocycles. The number of fused-ring (bicyclic) bond motifs is 2. The number of ether oxygens (including phenoxy) is 2. The first kappa shape index (κ1) is 26.0. The molecule has 7 nitrogen and oxygen atoms in total. The molecule has 1 aromatic heterocycles. The molecule has 198 valence electrons. The topological polar surface area (TPSA) is 86.0 Å². The molecular weight excluding hydrogens is 494 g/mol. The largest absolute Gasteiger partial charge is 0.490 e. The summed E-state index contributed by atoms with van der Waals surface area (Å²) >= 11 is 0. The first-order valence-corrected chi connectivity index (χ1v) is 12.9. The van der Waals surface area contributed by atoms with Gasteiger partial charge in [-0.25, -0.2) is 4.79 Å². The summed E-state index contributed by atoms with van der Waals surface area (Å²) in [5, 5.41) is 0.421. The van der Waals surface area contributed by atoms with Gasteiger partial charge in [0.1, 0.15) is 17.9 Å². The van der Waals surface area contributed by atoms with E-state index in [2.05, 4.69) is 6.58 Å². The summed E-state index contributed by atoms with van der Waals surface area (Å²) < 4.78 is 17.0. The predicted molar refractivity (Wildman–Crippen MR) is 150 cm³/mol. The fraction of sp³-hybridized carbons (Fsp3) is 0.219. The number of hydrogen-bond donors (Lipinski definition) is 0. The van der Waals surface area contributed by atoms with Gasteiger partial charge < -0.3 is 13.9 Å². The maximum Gasteiger partial charge on any atom is 0.338 e. The second kappa shape index (κ2) is 11.0. The van der Waals surface area contributed by atoms with E-state index in [4.69, 9.17) is 13.9 Å². The van der Waals surface area contributed by atoms with E-state index in [-0.39, 0.29) is 16.8 Å². The molecule has 1 aliphatic rings. The van der Waals surface area contributed by atoms with Crippen LogP contribution >= 0.6 is 0 Å². The van der Waals surface area contributed by atoms with Crippen molar-refractivity contribution < 1.29 is 23.5 Å². The highest BCUT2D eigenvalue weighted by atomic mass is 16.5. The van der Waals surface area contributed by atoms with Crippen LogP contribution in [0.1, 0.15) is 63.4 Å². The van der Waals surface area contributed by atoms with E-state index in [1.165, 1.54) is 4.90 Å². The molecule has 2 heterocycles. The van der Waals surface area contributed by atoms with E-state index < -0.39 is 17.9 Å². The van der Waals surface area contributed by atoms with Crippen LogP contribution in [0.25, 0.3) is 11.0 Å². The first-order valence-electron chi connectivity index (χ1n) is 12.9. The van der Waals surface area contributed by atoms with E-state index in [1.54, 1.807) is 54.6 Å². The number of nitrogens with zero attached hydrogens (tertiary/aromatic N) is 1. The van der Waals surface area contributed by atoms with Crippen molar-refractivity contribution in [3.8, 4) is 5.75 Å². The summed E-state index contributed by atoms with van der Waals surface area (Å²) in [5.74, 6) is -0.200. The summed E-state index contributed by atoms with van der Waals surface area (Å²) in [6, 6.07) is 18.5. The Hall–Kier alpha value is -4.65. The Morgan fingerprint density at radius 3 is 2.49 bits per heavy atom. The zero-order chi connectivity index (χ0) is 27.5. The molecule has 0 spiro atoms. The third kappa shape index (κ3) is 4.95. The summed E-state index contributed by atoms with van der Waals surface area (Å²) in [6.45, 7) is 8.30. The van der Waals surface area contributed by atoms with E-state index in [9.17, 15) is 14.4 Å². The van der Waals surface area contributed by atoms with Crippen LogP contribution in [0.2, 0.25) is 0 Å². The van der Waals surface area contributed by atoms with Crippen LogP contribution in [-0.4, -0.2) is 25.1 Å². The number of benzene rings is 3. The maximum absolute atomic E-state index is 13.8. The van der Waals surface area contributed by atoms with Crippen molar-refractivity contribution in [2.75, 3.05) is 18.1 Å². The molecule has 0 fully saturated rings. The zero-order valence-corrected chi connectivity index (χ0v) is 21.9. The van der Waals surface area contributed by atoms with Crippen LogP contribution in [0.4, 0.5) is 5.69 Å². The van der Waals surface area contributed by atoms with Crippen LogP contribution in [-0.2, 0) is 4.74 Å². The minimum atomic E-state index is -0.732. The highest BCUT2D eigenvalue weighted by molar-refractivity contribution is 6.10. The normalized spacial score (nSPS) is 14.4.